The molecule has 1 heterocycles. The second kappa shape index (κ2) is 5.52. The summed E-state index contributed by atoms with van der Waals surface area (Å²) >= 11 is 0. The maximum absolute atomic E-state index is 12.0. The quantitative estimate of drug-likeness (QED) is 0.857. The van der Waals surface area contributed by atoms with E-state index in [0.717, 1.165) is 5.01 Å². The number of carbonyl (C=O) groups excluding carboxylic acids is 2. The fraction of sp³-hybridized carbons (Fsp3) is 0.231. The fourth-order valence-corrected chi connectivity index (χ4v) is 1.77. The van der Waals surface area contributed by atoms with Gasteiger partial charge in [-0.15, -0.1) is 0 Å². The van der Waals surface area contributed by atoms with Crippen LogP contribution in [0.25, 0.3) is 0 Å². The van der Waals surface area contributed by atoms with E-state index in [2.05, 4.69) is 10.4 Å². The molecule has 0 spiro atoms. The van der Waals surface area contributed by atoms with Gasteiger partial charge >= 0.3 is 5.97 Å². The molecule has 0 bridgehead atoms. The van der Waals surface area contributed by atoms with Crippen molar-refractivity contribution in [1.29, 1.82) is 0 Å². The Hall–Kier alpha value is -2.70. The predicted molar refractivity (Wildman–Crippen MR) is 71.5 cm³/mol. The van der Waals surface area contributed by atoms with Gasteiger partial charge in [0.2, 0.25) is 5.91 Å². The first-order valence-electron chi connectivity index (χ1n) is 5.96. The molecule has 0 aromatic heterocycles. The smallest absolute Gasteiger partial charge is 0.335 e. The molecule has 104 valence electrons. The van der Waals surface area contributed by atoms with Gasteiger partial charge in [0.1, 0.15) is 5.71 Å². The van der Waals surface area contributed by atoms with Gasteiger partial charge in [-0.05, 0) is 18.2 Å². The summed E-state index contributed by atoms with van der Waals surface area (Å²) in [6.07, 6.45) is 0.506. The molecule has 7 heteroatoms. The number of carboxylic acid groups (broad SMARTS) is 1. The first-order valence-corrected chi connectivity index (χ1v) is 5.96. The molecule has 1 aliphatic rings. The van der Waals surface area contributed by atoms with E-state index in [4.69, 9.17) is 5.11 Å². The highest BCUT2D eigenvalue weighted by Gasteiger charge is 2.22. The Labute approximate surface area is 114 Å². The zero-order valence-electron chi connectivity index (χ0n) is 10.8. The van der Waals surface area contributed by atoms with Crippen LogP contribution in [0.3, 0.4) is 0 Å². The zero-order chi connectivity index (χ0) is 14.7. The number of amides is 2. The van der Waals surface area contributed by atoms with Gasteiger partial charge in [0.05, 0.1) is 5.56 Å². The number of hydrazone groups is 1. The summed E-state index contributed by atoms with van der Waals surface area (Å²) in [7, 11) is 1.49. The number of nitrogens with zero attached hydrogens (tertiary/aromatic N) is 2. The number of rotatable bonds is 3. The number of anilines is 1. The Morgan fingerprint density at radius 2 is 2.10 bits per heavy atom. The number of nitrogens with one attached hydrogen (secondary N) is 1. The van der Waals surface area contributed by atoms with E-state index in [-0.39, 0.29) is 30.0 Å². The van der Waals surface area contributed by atoms with Gasteiger partial charge in [0.25, 0.3) is 5.91 Å². The van der Waals surface area contributed by atoms with Crippen molar-refractivity contribution in [3.8, 4) is 0 Å². The van der Waals surface area contributed by atoms with Crippen LogP contribution in [0.5, 0.6) is 0 Å². The summed E-state index contributed by atoms with van der Waals surface area (Å²) in [6.45, 7) is 0. The van der Waals surface area contributed by atoms with Crippen molar-refractivity contribution >= 4 is 29.2 Å². The van der Waals surface area contributed by atoms with Crippen LogP contribution in [-0.4, -0.2) is 40.7 Å². The number of hydrogen-bond donors (Lipinski definition) is 2. The lowest BCUT2D eigenvalue weighted by Crippen LogP contribution is -2.34. The molecule has 0 fully saturated rings. The molecule has 7 nitrogen and oxygen atoms in total. The SMILES string of the molecule is CN1N=C(C(=O)Nc2cccc(C(=O)O)c2)CCC1=O. The predicted octanol–water partition coefficient (Wildman–Crippen LogP) is 0.931. The Balaban J connectivity index is 2.12. The summed E-state index contributed by atoms with van der Waals surface area (Å²) in [5.41, 5.74) is 0.700. The third-order valence-electron chi connectivity index (χ3n) is 2.84. The first-order chi connectivity index (χ1) is 9.47. The zero-order valence-corrected chi connectivity index (χ0v) is 10.8. The van der Waals surface area contributed by atoms with Crippen LogP contribution in [-0.2, 0) is 9.59 Å². The van der Waals surface area contributed by atoms with Gasteiger partial charge in [-0.2, -0.15) is 5.10 Å². The van der Waals surface area contributed by atoms with E-state index in [0.29, 0.717) is 5.69 Å². The number of carboxylic acids is 1. The van der Waals surface area contributed by atoms with Crippen molar-refractivity contribution in [2.75, 3.05) is 12.4 Å². The van der Waals surface area contributed by atoms with Gasteiger partial charge in [-0.1, -0.05) is 6.07 Å². The number of hydrogen-bond acceptors (Lipinski definition) is 4. The van der Waals surface area contributed by atoms with Crippen molar-refractivity contribution in [3.05, 3.63) is 29.8 Å². The molecule has 2 N–H and O–H groups in total. The second-order valence-electron chi connectivity index (χ2n) is 4.30. The Kier molecular flexibility index (Phi) is 3.79. The van der Waals surface area contributed by atoms with Crippen molar-refractivity contribution in [1.82, 2.24) is 5.01 Å². The van der Waals surface area contributed by atoms with E-state index >= 15 is 0 Å². The minimum absolute atomic E-state index is 0.0840. The lowest BCUT2D eigenvalue weighted by molar-refractivity contribution is -0.130. The van der Waals surface area contributed by atoms with E-state index in [1.54, 1.807) is 6.07 Å². The van der Waals surface area contributed by atoms with E-state index in [1.807, 2.05) is 0 Å². The highest BCUT2D eigenvalue weighted by molar-refractivity contribution is 6.43. The molecule has 1 aromatic rings. The van der Waals surface area contributed by atoms with Crippen LogP contribution in [0.1, 0.15) is 23.2 Å². The van der Waals surface area contributed by atoms with Gasteiger partial charge in [-0.3, -0.25) is 9.59 Å². The Bertz CT molecular complexity index is 609. The number of aromatic carboxylic acids is 1. The van der Waals surface area contributed by atoms with Crippen LogP contribution in [0.2, 0.25) is 0 Å². The van der Waals surface area contributed by atoms with E-state index < -0.39 is 11.9 Å². The maximum atomic E-state index is 12.0. The summed E-state index contributed by atoms with van der Waals surface area (Å²) in [4.78, 5) is 34.1. The molecule has 0 saturated heterocycles. The summed E-state index contributed by atoms with van der Waals surface area (Å²) < 4.78 is 0. The molecule has 0 atom stereocenters. The molecule has 1 aromatic carbocycles. The normalized spacial score (nSPS) is 14.8. The third kappa shape index (κ3) is 3.00. The van der Waals surface area contributed by atoms with Crippen LogP contribution < -0.4 is 5.32 Å². The van der Waals surface area contributed by atoms with Crippen molar-refractivity contribution in [2.45, 2.75) is 12.8 Å². The van der Waals surface area contributed by atoms with Crippen molar-refractivity contribution in [3.63, 3.8) is 0 Å². The maximum Gasteiger partial charge on any atom is 0.335 e. The first kappa shape index (κ1) is 13.7. The van der Waals surface area contributed by atoms with Crippen molar-refractivity contribution in [2.24, 2.45) is 5.10 Å². The van der Waals surface area contributed by atoms with Crippen LogP contribution in [0, 0.1) is 0 Å². The molecule has 0 saturated carbocycles. The van der Waals surface area contributed by atoms with E-state index in [1.165, 1.54) is 25.2 Å². The number of benzene rings is 1. The molecule has 0 unspecified atom stereocenters. The Morgan fingerprint density at radius 3 is 2.75 bits per heavy atom. The molecular weight excluding hydrogens is 262 g/mol. The summed E-state index contributed by atoms with van der Waals surface area (Å²) in [5.74, 6) is -1.65. The summed E-state index contributed by atoms with van der Waals surface area (Å²) in [6, 6.07) is 5.92. The van der Waals surface area contributed by atoms with E-state index in [9.17, 15) is 14.4 Å². The molecular formula is C13H13N3O4. The molecule has 2 rings (SSSR count). The minimum Gasteiger partial charge on any atom is -0.478 e. The molecule has 2 amide bonds. The molecule has 0 aliphatic carbocycles. The molecule has 20 heavy (non-hydrogen) atoms. The monoisotopic (exact) mass is 275 g/mol. The molecule has 0 radical (unpaired) electrons. The minimum atomic E-state index is -1.07. The fourth-order valence-electron chi connectivity index (χ4n) is 1.77. The third-order valence-corrected chi connectivity index (χ3v) is 2.84. The van der Waals surface area contributed by atoms with Crippen LogP contribution in [0.15, 0.2) is 29.4 Å². The summed E-state index contributed by atoms with van der Waals surface area (Å²) in [5, 5.41) is 16.5. The van der Waals surface area contributed by atoms with Crippen LogP contribution >= 0.6 is 0 Å². The van der Waals surface area contributed by atoms with Gasteiger partial charge in [-0.25, -0.2) is 9.80 Å². The number of carbonyl (C=O) groups is 3. The topological polar surface area (TPSA) is 99.1 Å². The Morgan fingerprint density at radius 1 is 1.35 bits per heavy atom. The average molecular weight is 275 g/mol. The standard InChI is InChI=1S/C13H13N3O4/c1-16-11(17)6-5-10(15-16)12(18)14-9-4-2-3-8(7-9)13(19)20/h2-4,7H,5-6H2,1H3,(H,14,18)(H,19,20). The highest BCUT2D eigenvalue weighted by Crippen LogP contribution is 2.13. The average Bonchev–Trinajstić information content (AvgIpc) is 2.42. The second-order valence-corrected chi connectivity index (χ2v) is 4.30. The lowest BCUT2D eigenvalue weighted by Gasteiger charge is -2.18. The van der Waals surface area contributed by atoms with Gasteiger partial charge < -0.3 is 10.4 Å². The lowest BCUT2D eigenvalue weighted by atomic mass is 10.1. The van der Waals surface area contributed by atoms with Crippen LogP contribution in [0.4, 0.5) is 5.69 Å². The van der Waals surface area contributed by atoms with Gasteiger partial charge in [0.15, 0.2) is 0 Å². The molecule has 1 aliphatic heterocycles. The largest absolute Gasteiger partial charge is 0.478 e. The van der Waals surface area contributed by atoms with Crippen molar-refractivity contribution < 1.29 is 19.5 Å². The highest BCUT2D eigenvalue weighted by atomic mass is 16.4. The van der Waals surface area contributed by atoms with Gasteiger partial charge in [0, 0.05) is 25.6 Å².